The molecule has 106 valence electrons. The van der Waals surface area contributed by atoms with E-state index in [0.717, 1.165) is 42.9 Å². The van der Waals surface area contributed by atoms with E-state index in [9.17, 15) is 0 Å². The zero-order valence-corrected chi connectivity index (χ0v) is 12.6. The second-order valence-corrected chi connectivity index (χ2v) is 5.44. The Morgan fingerprint density at radius 1 is 0.950 bits per heavy atom. The molecule has 20 heavy (non-hydrogen) atoms. The van der Waals surface area contributed by atoms with Gasteiger partial charge in [0.2, 0.25) is 11.2 Å². The molecular weight excluding hydrogens is 276 g/mol. The van der Waals surface area contributed by atoms with E-state index < -0.39 is 0 Å². The highest BCUT2D eigenvalue weighted by Crippen LogP contribution is 2.20. The first kappa shape index (κ1) is 13.3. The van der Waals surface area contributed by atoms with Gasteiger partial charge in [-0.1, -0.05) is 0 Å². The summed E-state index contributed by atoms with van der Waals surface area (Å²) >= 11 is 6.05. The van der Waals surface area contributed by atoms with E-state index in [4.69, 9.17) is 11.6 Å². The monoisotopic (exact) mass is 292 g/mol. The number of anilines is 1. The fraction of sp³-hybridized carbons (Fsp3) is 0.538. The smallest absolute Gasteiger partial charge is 0.256 e. The van der Waals surface area contributed by atoms with E-state index in [0.29, 0.717) is 11.9 Å². The quantitative estimate of drug-likeness (QED) is 0.849. The molecule has 0 N–H and O–H groups in total. The van der Waals surface area contributed by atoms with Gasteiger partial charge in [-0.25, -0.2) is 4.68 Å². The van der Waals surface area contributed by atoms with Crippen LogP contribution < -0.4 is 4.90 Å². The first-order valence-corrected chi connectivity index (χ1v) is 7.14. The molecule has 1 aliphatic rings. The molecule has 2 aromatic rings. The lowest BCUT2D eigenvalue weighted by Crippen LogP contribution is -2.22. The molecule has 1 aliphatic heterocycles. The van der Waals surface area contributed by atoms with E-state index in [-0.39, 0.29) is 5.28 Å². The van der Waals surface area contributed by atoms with Crippen molar-refractivity contribution in [1.82, 2.24) is 24.7 Å². The first-order valence-electron chi connectivity index (χ1n) is 6.76. The van der Waals surface area contributed by atoms with Gasteiger partial charge in [0.15, 0.2) is 0 Å². The average Bonchev–Trinajstić information content (AvgIpc) is 3.03. The summed E-state index contributed by atoms with van der Waals surface area (Å²) in [5.74, 6) is 1.13. The second-order valence-electron chi connectivity index (χ2n) is 5.11. The van der Waals surface area contributed by atoms with Crippen LogP contribution in [0.25, 0.3) is 5.95 Å². The zero-order valence-electron chi connectivity index (χ0n) is 11.9. The topological polar surface area (TPSA) is 59.7 Å². The summed E-state index contributed by atoms with van der Waals surface area (Å²) in [5.41, 5.74) is 3.14. The highest BCUT2D eigenvalue weighted by molar-refractivity contribution is 6.28. The Bertz CT molecular complexity index is 645. The van der Waals surface area contributed by atoms with Crippen molar-refractivity contribution in [3.05, 3.63) is 22.2 Å². The van der Waals surface area contributed by atoms with Gasteiger partial charge < -0.3 is 4.90 Å². The van der Waals surface area contributed by atoms with Gasteiger partial charge in [-0.05, 0) is 50.8 Å². The van der Waals surface area contributed by atoms with E-state index in [1.807, 2.05) is 20.8 Å². The second kappa shape index (κ2) is 5.01. The van der Waals surface area contributed by atoms with Crippen LogP contribution in [0.15, 0.2) is 0 Å². The number of aryl methyl sites for hydroxylation is 1. The largest absolute Gasteiger partial charge is 0.341 e. The third-order valence-corrected chi connectivity index (χ3v) is 3.99. The van der Waals surface area contributed by atoms with Crippen molar-refractivity contribution in [3.8, 4) is 5.95 Å². The lowest BCUT2D eigenvalue weighted by atomic mass is 10.2. The van der Waals surface area contributed by atoms with Gasteiger partial charge in [-0.2, -0.15) is 20.1 Å². The molecule has 0 aliphatic carbocycles. The van der Waals surface area contributed by atoms with Gasteiger partial charge in [0.1, 0.15) is 0 Å². The van der Waals surface area contributed by atoms with Gasteiger partial charge in [-0.15, -0.1) is 0 Å². The van der Waals surface area contributed by atoms with Crippen LogP contribution in [0.1, 0.15) is 29.8 Å². The lowest BCUT2D eigenvalue weighted by molar-refractivity contribution is 0.752. The van der Waals surface area contributed by atoms with Crippen LogP contribution >= 0.6 is 11.6 Å². The van der Waals surface area contributed by atoms with Crippen LogP contribution in [-0.2, 0) is 0 Å². The summed E-state index contributed by atoms with van der Waals surface area (Å²) in [5, 5.41) is 4.69. The van der Waals surface area contributed by atoms with Gasteiger partial charge in [0, 0.05) is 18.8 Å². The SMILES string of the molecule is Cc1nn(-c2nc(Cl)nc(N3CCCC3)n2)c(C)c1C. The number of nitrogens with zero attached hydrogens (tertiary/aromatic N) is 6. The molecule has 0 bridgehead atoms. The molecule has 6 nitrogen and oxygen atoms in total. The van der Waals surface area contributed by atoms with Crippen LogP contribution in [-0.4, -0.2) is 37.8 Å². The minimum absolute atomic E-state index is 0.210. The third-order valence-electron chi connectivity index (χ3n) is 3.82. The summed E-state index contributed by atoms with van der Waals surface area (Å²) in [7, 11) is 0. The van der Waals surface area contributed by atoms with Gasteiger partial charge in [-0.3, -0.25) is 0 Å². The molecule has 1 fully saturated rings. The Morgan fingerprint density at radius 2 is 1.60 bits per heavy atom. The molecule has 0 spiro atoms. The number of hydrogen-bond donors (Lipinski definition) is 0. The van der Waals surface area contributed by atoms with Crippen molar-refractivity contribution >= 4 is 17.5 Å². The molecule has 0 saturated carbocycles. The molecule has 0 aromatic carbocycles. The lowest BCUT2D eigenvalue weighted by Gasteiger charge is -2.15. The fourth-order valence-electron chi connectivity index (χ4n) is 2.40. The van der Waals surface area contributed by atoms with Crippen LogP contribution in [0.4, 0.5) is 5.95 Å². The number of rotatable bonds is 2. The van der Waals surface area contributed by atoms with Gasteiger partial charge in [0.05, 0.1) is 5.69 Å². The average molecular weight is 293 g/mol. The van der Waals surface area contributed by atoms with Crippen LogP contribution in [0.5, 0.6) is 0 Å². The van der Waals surface area contributed by atoms with Crippen molar-refractivity contribution in [2.24, 2.45) is 0 Å². The summed E-state index contributed by atoms with van der Waals surface area (Å²) in [6, 6.07) is 0. The normalized spacial score (nSPS) is 15.1. The standard InChI is InChI=1S/C13H17ClN6/c1-8-9(2)18-20(10(8)3)13-16-11(14)15-12(17-13)19-6-4-5-7-19/h4-7H2,1-3H3. The predicted molar refractivity (Wildman–Crippen MR) is 77.6 cm³/mol. The molecule has 3 rings (SSSR count). The van der Waals surface area contributed by atoms with E-state index in [2.05, 4.69) is 25.0 Å². The van der Waals surface area contributed by atoms with Crippen molar-refractivity contribution in [1.29, 1.82) is 0 Å². The number of halogens is 1. The summed E-state index contributed by atoms with van der Waals surface area (Å²) in [6.45, 7) is 7.95. The summed E-state index contributed by atoms with van der Waals surface area (Å²) in [4.78, 5) is 15.1. The van der Waals surface area contributed by atoms with E-state index in [1.54, 1.807) is 4.68 Å². The summed E-state index contributed by atoms with van der Waals surface area (Å²) in [6.07, 6.45) is 2.33. The number of aromatic nitrogens is 5. The molecule has 0 amide bonds. The van der Waals surface area contributed by atoms with Crippen LogP contribution in [0.2, 0.25) is 5.28 Å². The Labute approximate surface area is 122 Å². The first-order chi connectivity index (χ1) is 9.56. The molecule has 3 heterocycles. The Hall–Kier alpha value is -1.69. The fourth-order valence-corrected chi connectivity index (χ4v) is 2.55. The van der Waals surface area contributed by atoms with Crippen LogP contribution in [0.3, 0.4) is 0 Å². The maximum atomic E-state index is 6.05. The maximum absolute atomic E-state index is 6.05. The Kier molecular flexibility index (Phi) is 3.33. The number of hydrogen-bond acceptors (Lipinski definition) is 5. The molecule has 7 heteroatoms. The molecular formula is C13H17ClN6. The Morgan fingerprint density at radius 3 is 2.20 bits per heavy atom. The molecule has 0 radical (unpaired) electrons. The summed E-state index contributed by atoms with van der Waals surface area (Å²) < 4.78 is 1.73. The molecule has 0 unspecified atom stereocenters. The van der Waals surface area contributed by atoms with E-state index in [1.165, 1.54) is 0 Å². The molecule has 1 saturated heterocycles. The van der Waals surface area contributed by atoms with Crippen molar-refractivity contribution in [2.45, 2.75) is 33.6 Å². The third kappa shape index (κ3) is 2.24. The maximum Gasteiger partial charge on any atom is 0.256 e. The molecule has 2 aromatic heterocycles. The molecule has 0 atom stereocenters. The minimum Gasteiger partial charge on any atom is -0.341 e. The van der Waals surface area contributed by atoms with Crippen molar-refractivity contribution in [3.63, 3.8) is 0 Å². The van der Waals surface area contributed by atoms with Gasteiger partial charge >= 0.3 is 0 Å². The van der Waals surface area contributed by atoms with Crippen molar-refractivity contribution < 1.29 is 0 Å². The minimum atomic E-state index is 0.210. The predicted octanol–water partition coefficient (Wildman–Crippen LogP) is 2.24. The van der Waals surface area contributed by atoms with Crippen LogP contribution in [0, 0.1) is 20.8 Å². The zero-order chi connectivity index (χ0) is 14.3. The Balaban J connectivity index is 2.07. The van der Waals surface area contributed by atoms with E-state index >= 15 is 0 Å². The van der Waals surface area contributed by atoms with Gasteiger partial charge in [0.25, 0.3) is 5.95 Å². The highest BCUT2D eigenvalue weighted by Gasteiger charge is 2.19. The van der Waals surface area contributed by atoms with Crippen molar-refractivity contribution in [2.75, 3.05) is 18.0 Å². The highest BCUT2D eigenvalue weighted by atomic mass is 35.5.